The van der Waals surface area contributed by atoms with Gasteiger partial charge in [0.2, 0.25) is 0 Å². The summed E-state index contributed by atoms with van der Waals surface area (Å²) in [5.41, 5.74) is 3.56. The largest absolute Gasteiger partial charge is 0.376 e. The summed E-state index contributed by atoms with van der Waals surface area (Å²) in [6.45, 7) is 5.17. The van der Waals surface area contributed by atoms with Crippen LogP contribution in [-0.2, 0) is 4.74 Å². The highest BCUT2D eigenvalue weighted by atomic mass is 16.5. The van der Waals surface area contributed by atoms with Crippen molar-refractivity contribution in [2.75, 3.05) is 18.5 Å². The summed E-state index contributed by atoms with van der Waals surface area (Å²) in [4.78, 5) is 28.8. The van der Waals surface area contributed by atoms with E-state index in [-0.39, 0.29) is 17.9 Å². The molecule has 1 atom stereocenters. The van der Waals surface area contributed by atoms with Crippen molar-refractivity contribution < 1.29 is 14.3 Å². The standard InChI is InChI=1S/C20H23N3O3/c1-13-6-14(2)8-17(7-13)23-20(25)16-9-15(10-21-11-16)19(24)22-12-18-4-3-5-26-18/h6-11,18H,3-5,12H2,1-2H3,(H,22,24)(H,23,25). The van der Waals surface area contributed by atoms with E-state index in [4.69, 9.17) is 4.74 Å². The molecule has 3 rings (SSSR count). The Kier molecular flexibility index (Phi) is 5.63. The van der Waals surface area contributed by atoms with E-state index >= 15 is 0 Å². The van der Waals surface area contributed by atoms with Crippen molar-refractivity contribution in [3.63, 3.8) is 0 Å². The molecule has 0 aliphatic carbocycles. The van der Waals surface area contributed by atoms with Crippen LogP contribution in [0.1, 0.15) is 44.7 Å². The van der Waals surface area contributed by atoms with Gasteiger partial charge in [0.25, 0.3) is 11.8 Å². The van der Waals surface area contributed by atoms with Crippen molar-refractivity contribution in [1.82, 2.24) is 10.3 Å². The Hall–Kier alpha value is -2.73. The molecule has 136 valence electrons. The molecule has 1 aliphatic rings. The Labute approximate surface area is 153 Å². The predicted octanol–water partition coefficient (Wildman–Crippen LogP) is 2.86. The molecule has 2 heterocycles. The fourth-order valence-corrected chi connectivity index (χ4v) is 3.05. The van der Waals surface area contributed by atoms with Gasteiger partial charge in [0, 0.05) is 31.2 Å². The van der Waals surface area contributed by atoms with Crippen LogP contribution in [0.2, 0.25) is 0 Å². The number of nitrogens with zero attached hydrogens (tertiary/aromatic N) is 1. The molecule has 0 saturated carbocycles. The molecule has 0 spiro atoms. The van der Waals surface area contributed by atoms with Crippen LogP contribution in [0.5, 0.6) is 0 Å². The third-order valence-corrected chi connectivity index (χ3v) is 4.26. The number of amides is 2. The van der Waals surface area contributed by atoms with Gasteiger partial charge in [-0.3, -0.25) is 14.6 Å². The maximum Gasteiger partial charge on any atom is 0.257 e. The smallest absolute Gasteiger partial charge is 0.257 e. The van der Waals surface area contributed by atoms with Gasteiger partial charge in [-0.25, -0.2) is 0 Å². The van der Waals surface area contributed by atoms with Crippen LogP contribution in [0.3, 0.4) is 0 Å². The van der Waals surface area contributed by atoms with Crippen molar-refractivity contribution in [2.24, 2.45) is 0 Å². The Bertz CT molecular complexity index is 793. The fourth-order valence-electron chi connectivity index (χ4n) is 3.05. The lowest BCUT2D eigenvalue weighted by atomic mass is 10.1. The highest BCUT2D eigenvalue weighted by Gasteiger charge is 2.17. The van der Waals surface area contributed by atoms with Crippen molar-refractivity contribution in [3.05, 3.63) is 58.9 Å². The third kappa shape index (κ3) is 4.67. The van der Waals surface area contributed by atoms with Gasteiger partial charge >= 0.3 is 0 Å². The molecule has 2 amide bonds. The van der Waals surface area contributed by atoms with Gasteiger partial charge in [-0.2, -0.15) is 0 Å². The van der Waals surface area contributed by atoms with E-state index in [0.29, 0.717) is 17.7 Å². The van der Waals surface area contributed by atoms with Crippen molar-refractivity contribution in [1.29, 1.82) is 0 Å². The average Bonchev–Trinajstić information content (AvgIpc) is 3.12. The van der Waals surface area contributed by atoms with Gasteiger partial charge < -0.3 is 15.4 Å². The van der Waals surface area contributed by atoms with Crippen molar-refractivity contribution in [3.8, 4) is 0 Å². The Morgan fingerprint density at radius 1 is 1.08 bits per heavy atom. The lowest BCUT2D eigenvalue weighted by Crippen LogP contribution is -2.32. The number of rotatable bonds is 5. The maximum atomic E-state index is 12.5. The number of hydrogen-bond donors (Lipinski definition) is 2. The second-order valence-corrected chi connectivity index (χ2v) is 6.64. The minimum absolute atomic E-state index is 0.0722. The molecule has 1 unspecified atom stereocenters. The molecular weight excluding hydrogens is 330 g/mol. The fraction of sp³-hybridized carbons (Fsp3) is 0.350. The summed E-state index contributed by atoms with van der Waals surface area (Å²) in [6, 6.07) is 7.39. The van der Waals surface area contributed by atoms with E-state index < -0.39 is 0 Å². The van der Waals surface area contributed by atoms with Crippen LogP contribution in [0.15, 0.2) is 36.7 Å². The number of anilines is 1. The number of hydrogen-bond acceptors (Lipinski definition) is 4. The van der Waals surface area contributed by atoms with E-state index in [1.54, 1.807) is 6.07 Å². The molecule has 2 aromatic rings. The van der Waals surface area contributed by atoms with E-state index in [2.05, 4.69) is 15.6 Å². The summed E-state index contributed by atoms with van der Waals surface area (Å²) in [5, 5.41) is 5.69. The number of aryl methyl sites for hydroxylation is 2. The molecule has 0 radical (unpaired) electrons. The Morgan fingerprint density at radius 3 is 2.42 bits per heavy atom. The number of benzene rings is 1. The zero-order valence-electron chi connectivity index (χ0n) is 15.0. The molecule has 1 aromatic heterocycles. The summed E-state index contributed by atoms with van der Waals surface area (Å²) >= 11 is 0. The third-order valence-electron chi connectivity index (χ3n) is 4.26. The molecule has 1 fully saturated rings. The van der Waals surface area contributed by atoms with Gasteiger partial charge in [0.1, 0.15) is 0 Å². The van der Waals surface area contributed by atoms with Crippen LogP contribution in [0, 0.1) is 13.8 Å². The highest BCUT2D eigenvalue weighted by Crippen LogP contribution is 2.15. The minimum Gasteiger partial charge on any atom is -0.376 e. The maximum absolute atomic E-state index is 12.5. The van der Waals surface area contributed by atoms with E-state index in [0.717, 1.165) is 36.3 Å². The normalized spacial score (nSPS) is 16.3. The van der Waals surface area contributed by atoms with E-state index in [9.17, 15) is 9.59 Å². The van der Waals surface area contributed by atoms with Crippen LogP contribution in [0.4, 0.5) is 5.69 Å². The van der Waals surface area contributed by atoms with Gasteiger partial charge in [0.15, 0.2) is 0 Å². The Morgan fingerprint density at radius 2 is 1.77 bits per heavy atom. The van der Waals surface area contributed by atoms with E-state index in [1.165, 1.54) is 12.4 Å². The molecule has 1 aliphatic heterocycles. The van der Waals surface area contributed by atoms with Crippen molar-refractivity contribution >= 4 is 17.5 Å². The summed E-state index contributed by atoms with van der Waals surface area (Å²) in [6.07, 6.45) is 4.96. The number of ether oxygens (including phenoxy) is 1. The molecule has 1 saturated heterocycles. The van der Waals surface area contributed by atoms with Gasteiger partial charge in [-0.05, 0) is 56.0 Å². The number of aromatic nitrogens is 1. The lowest BCUT2D eigenvalue weighted by molar-refractivity contribution is 0.0857. The molecule has 26 heavy (non-hydrogen) atoms. The van der Waals surface area contributed by atoms with Gasteiger partial charge in [0.05, 0.1) is 17.2 Å². The first-order valence-electron chi connectivity index (χ1n) is 8.76. The minimum atomic E-state index is -0.295. The van der Waals surface area contributed by atoms with E-state index in [1.807, 2.05) is 32.0 Å². The zero-order valence-corrected chi connectivity index (χ0v) is 15.0. The van der Waals surface area contributed by atoms with Gasteiger partial charge in [-0.1, -0.05) is 6.07 Å². The number of carbonyl (C=O) groups is 2. The molecule has 6 nitrogen and oxygen atoms in total. The quantitative estimate of drug-likeness (QED) is 0.866. The second kappa shape index (κ2) is 8.10. The highest BCUT2D eigenvalue weighted by molar-refractivity contribution is 6.05. The summed E-state index contributed by atoms with van der Waals surface area (Å²) in [5.74, 6) is -0.551. The van der Waals surface area contributed by atoms with Crippen LogP contribution < -0.4 is 10.6 Å². The molecule has 2 N–H and O–H groups in total. The predicted molar refractivity (Wildman–Crippen MR) is 99.4 cm³/mol. The van der Waals surface area contributed by atoms with Crippen LogP contribution in [0.25, 0.3) is 0 Å². The molecule has 1 aromatic carbocycles. The Balaban J connectivity index is 1.65. The first-order chi connectivity index (χ1) is 12.5. The zero-order chi connectivity index (χ0) is 18.5. The number of carbonyl (C=O) groups excluding carboxylic acids is 2. The lowest BCUT2D eigenvalue weighted by Gasteiger charge is -2.11. The molecular formula is C20H23N3O3. The molecule has 6 heteroatoms. The monoisotopic (exact) mass is 353 g/mol. The first-order valence-corrected chi connectivity index (χ1v) is 8.76. The number of nitrogens with one attached hydrogen (secondary N) is 2. The van der Waals surface area contributed by atoms with Crippen LogP contribution in [-0.4, -0.2) is 36.1 Å². The topological polar surface area (TPSA) is 80.3 Å². The number of pyridine rings is 1. The van der Waals surface area contributed by atoms with Crippen molar-refractivity contribution in [2.45, 2.75) is 32.8 Å². The second-order valence-electron chi connectivity index (χ2n) is 6.64. The van der Waals surface area contributed by atoms with Gasteiger partial charge in [-0.15, -0.1) is 0 Å². The average molecular weight is 353 g/mol. The first kappa shape index (κ1) is 18.1. The van der Waals surface area contributed by atoms with Crippen LogP contribution >= 0.6 is 0 Å². The SMILES string of the molecule is Cc1cc(C)cc(NC(=O)c2cncc(C(=O)NCC3CCCO3)c2)c1. The summed E-state index contributed by atoms with van der Waals surface area (Å²) in [7, 11) is 0. The molecule has 0 bridgehead atoms. The summed E-state index contributed by atoms with van der Waals surface area (Å²) < 4.78 is 5.49.